The highest BCUT2D eigenvalue weighted by molar-refractivity contribution is 9.10. The van der Waals surface area contributed by atoms with Gasteiger partial charge in [0, 0.05) is 27.9 Å². The lowest BCUT2D eigenvalue weighted by Gasteiger charge is -2.25. The van der Waals surface area contributed by atoms with Gasteiger partial charge in [0.2, 0.25) is 11.0 Å². The fraction of sp³-hybridized carbons (Fsp3) is 0.261. The number of benzene rings is 2. The van der Waals surface area contributed by atoms with Crippen LogP contribution in [-0.2, 0) is 4.79 Å². The maximum absolute atomic E-state index is 12.7. The van der Waals surface area contributed by atoms with Crippen molar-refractivity contribution >= 4 is 49.2 Å². The van der Waals surface area contributed by atoms with Gasteiger partial charge in [-0.2, -0.15) is 9.78 Å². The molecule has 1 aliphatic heterocycles. The molecular formula is C23H21BrN4O3S. The Morgan fingerprint density at radius 3 is 2.91 bits per heavy atom. The number of hydrogen-bond acceptors (Lipinski definition) is 6. The standard InChI is InChI=1S/C23H21BrN4O3S/c1-4-31-14-6-7-17-19(10-14)32-23(25-17)28-22-21(12(2)27-28)16(11-20(29)26-22)15-9-13(24)5-8-18(15)30-3/h5-10,16H,4,11H2,1-3H3,(H,26,29)/t16-/m0/s1. The third kappa shape index (κ3) is 3.55. The van der Waals surface area contributed by atoms with Crippen LogP contribution in [-0.4, -0.2) is 34.4 Å². The molecule has 2 aromatic carbocycles. The molecule has 0 radical (unpaired) electrons. The number of carbonyl (C=O) groups is 1. The molecule has 1 amide bonds. The summed E-state index contributed by atoms with van der Waals surface area (Å²) >= 11 is 5.06. The Balaban J connectivity index is 1.64. The summed E-state index contributed by atoms with van der Waals surface area (Å²) in [6.45, 7) is 4.53. The van der Waals surface area contributed by atoms with Crippen molar-refractivity contribution in [3.63, 3.8) is 0 Å². The molecule has 32 heavy (non-hydrogen) atoms. The Labute approximate surface area is 197 Å². The van der Waals surface area contributed by atoms with Gasteiger partial charge in [0.25, 0.3) is 0 Å². The van der Waals surface area contributed by atoms with Gasteiger partial charge >= 0.3 is 0 Å². The molecule has 0 unspecified atom stereocenters. The Kier molecular flexibility index (Phi) is 5.38. The number of aryl methyl sites for hydroxylation is 1. The quantitative estimate of drug-likeness (QED) is 0.385. The molecule has 0 aliphatic carbocycles. The van der Waals surface area contributed by atoms with Gasteiger partial charge in [-0.1, -0.05) is 27.3 Å². The zero-order valence-corrected chi connectivity index (χ0v) is 20.2. The highest BCUT2D eigenvalue weighted by Crippen LogP contribution is 2.44. The molecule has 1 atom stereocenters. The van der Waals surface area contributed by atoms with Crippen molar-refractivity contribution in [2.75, 3.05) is 19.0 Å². The van der Waals surface area contributed by atoms with Crippen LogP contribution >= 0.6 is 27.3 Å². The fourth-order valence-corrected chi connectivity index (χ4v) is 5.50. The number of halogens is 1. The normalized spacial score (nSPS) is 15.5. The van der Waals surface area contributed by atoms with Crippen molar-refractivity contribution in [2.24, 2.45) is 0 Å². The van der Waals surface area contributed by atoms with Gasteiger partial charge in [0.05, 0.1) is 29.6 Å². The Morgan fingerprint density at radius 2 is 2.12 bits per heavy atom. The number of anilines is 1. The fourth-order valence-electron chi connectivity index (χ4n) is 4.17. The van der Waals surface area contributed by atoms with Crippen LogP contribution in [0.25, 0.3) is 15.3 Å². The SMILES string of the molecule is CCOc1ccc2nc(-n3nc(C)c4c3NC(=O)C[C@H]4c3cc(Br)ccc3OC)sc2c1. The number of rotatable bonds is 5. The minimum Gasteiger partial charge on any atom is -0.496 e. The van der Waals surface area contributed by atoms with Gasteiger partial charge in [-0.25, -0.2) is 4.98 Å². The Morgan fingerprint density at radius 1 is 1.28 bits per heavy atom. The van der Waals surface area contributed by atoms with E-state index in [1.165, 1.54) is 11.3 Å². The zero-order valence-electron chi connectivity index (χ0n) is 17.8. The summed E-state index contributed by atoms with van der Waals surface area (Å²) in [4.78, 5) is 17.5. The van der Waals surface area contributed by atoms with Gasteiger partial charge < -0.3 is 14.8 Å². The van der Waals surface area contributed by atoms with E-state index in [1.807, 2.05) is 50.2 Å². The second kappa shape index (κ2) is 8.22. The number of nitrogens with zero attached hydrogens (tertiary/aromatic N) is 3. The topological polar surface area (TPSA) is 78.3 Å². The van der Waals surface area contributed by atoms with Gasteiger partial charge in [0.1, 0.15) is 17.3 Å². The summed E-state index contributed by atoms with van der Waals surface area (Å²) in [5.74, 6) is 1.98. The van der Waals surface area contributed by atoms with E-state index in [0.29, 0.717) is 24.0 Å². The maximum Gasteiger partial charge on any atom is 0.226 e. The van der Waals surface area contributed by atoms with Gasteiger partial charge in [-0.3, -0.25) is 4.79 Å². The number of methoxy groups -OCH3 is 1. The summed E-state index contributed by atoms with van der Waals surface area (Å²) in [5.41, 5.74) is 3.64. The lowest BCUT2D eigenvalue weighted by atomic mass is 9.85. The number of hydrogen-bond donors (Lipinski definition) is 1. The molecule has 0 spiro atoms. The first-order valence-electron chi connectivity index (χ1n) is 10.2. The lowest BCUT2D eigenvalue weighted by molar-refractivity contribution is -0.116. The Hall–Kier alpha value is -2.91. The number of aromatic nitrogens is 3. The maximum atomic E-state index is 12.7. The van der Waals surface area contributed by atoms with Crippen LogP contribution in [0.5, 0.6) is 11.5 Å². The first-order valence-corrected chi connectivity index (χ1v) is 11.9. The second-order valence-corrected chi connectivity index (χ2v) is 9.43. The van der Waals surface area contributed by atoms with Crippen molar-refractivity contribution in [2.45, 2.75) is 26.2 Å². The van der Waals surface area contributed by atoms with Crippen LogP contribution in [0.15, 0.2) is 40.9 Å². The Bertz CT molecular complexity index is 1350. The van der Waals surface area contributed by atoms with Crippen molar-refractivity contribution in [1.29, 1.82) is 0 Å². The van der Waals surface area contributed by atoms with Crippen molar-refractivity contribution < 1.29 is 14.3 Å². The molecule has 4 aromatic rings. The minimum atomic E-state index is -0.168. The molecule has 164 valence electrons. The van der Waals surface area contributed by atoms with Crippen LogP contribution < -0.4 is 14.8 Å². The first kappa shape index (κ1) is 21.0. The van der Waals surface area contributed by atoms with Crippen LogP contribution in [0.2, 0.25) is 0 Å². The van der Waals surface area contributed by atoms with Crippen LogP contribution in [0.1, 0.15) is 36.1 Å². The lowest BCUT2D eigenvalue weighted by Crippen LogP contribution is -2.25. The largest absolute Gasteiger partial charge is 0.496 e. The molecule has 3 heterocycles. The number of nitrogens with one attached hydrogen (secondary N) is 1. The smallest absolute Gasteiger partial charge is 0.226 e. The molecule has 0 saturated carbocycles. The van der Waals surface area contributed by atoms with Crippen LogP contribution in [0, 0.1) is 6.92 Å². The highest BCUT2D eigenvalue weighted by Gasteiger charge is 2.34. The van der Waals surface area contributed by atoms with E-state index in [1.54, 1.807) is 11.8 Å². The molecule has 1 aliphatic rings. The third-order valence-electron chi connectivity index (χ3n) is 5.51. The molecule has 0 bridgehead atoms. The average Bonchev–Trinajstić information content (AvgIpc) is 3.34. The average molecular weight is 513 g/mol. The molecule has 0 saturated heterocycles. The molecule has 9 heteroatoms. The van der Waals surface area contributed by atoms with E-state index in [9.17, 15) is 4.79 Å². The number of amides is 1. The van der Waals surface area contributed by atoms with Gasteiger partial charge in [0.15, 0.2) is 0 Å². The molecule has 5 rings (SSSR count). The molecule has 1 N–H and O–H groups in total. The highest BCUT2D eigenvalue weighted by atomic mass is 79.9. The van der Waals surface area contributed by atoms with Crippen LogP contribution in [0.3, 0.4) is 0 Å². The second-order valence-electron chi connectivity index (χ2n) is 7.51. The van der Waals surface area contributed by atoms with E-state index >= 15 is 0 Å². The molecule has 0 fully saturated rings. The van der Waals surface area contributed by atoms with Gasteiger partial charge in [-0.05, 0) is 50.2 Å². The summed E-state index contributed by atoms with van der Waals surface area (Å²) in [6.07, 6.45) is 0.323. The van der Waals surface area contributed by atoms with E-state index in [2.05, 4.69) is 21.2 Å². The third-order valence-corrected chi connectivity index (χ3v) is 7.00. The van der Waals surface area contributed by atoms with Gasteiger partial charge in [-0.15, -0.1) is 0 Å². The predicted molar refractivity (Wildman–Crippen MR) is 128 cm³/mol. The van der Waals surface area contributed by atoms with E-state index in [0.717, 1.165) is 43.0 Å². The molecular weight excluding hydrogens is 492 g/mol. The van der Waals surface area contributed by atoms with E-state index in [-0.39, 0.29) is 11.8 Å². The number of ether oxygens (including phenoxy) is 2. The summed E-state index contributed by atoms with van der Waals surface area (Å²) < 4.78 is 14.9. The van der Waals surface area contributed by atoms with Crippen molar-refractivity contribution in [3.05, 3.63) is 57.7 Å². The number of fused-ring (bicyclic) bond motifs is 2. The first-order chi connectivity index (χ1) is 15.5. The van der Waals surface area contributed by atoms with Crippen molar-refractivity contribution in [3.8, 4) is 16.6 Å². The predicted octanol–water partition coefficient (Wildman–Crippen LogP) is 5.43. The number of thiazole rings is 1. The molecule has 7 nitrogen and oxygen atoms in total. The zero-order chi connectivity index (χ0) is 22.4. The van der Waals surface area contributed by atoms with Crippen molar-refractivity contribution in [1.82, 2.24) is 14.8 Å². The van der Waals surface area contributed by atoms with Crippen LogP contribution in [0.4, 0.5) is 5.82 Å². The number of carbonyl (C=O) groups excluding carboxylic acids is 1. The summed E-state index contributed by atoms with van der Waals surface area (Å²) in [5, 5.41) is 8.49. The minimum absolute atomic E-state index is 0.0644. The van der Waals surface area contributed by atoms with E-state index < -0.39 is 0 Å². The molecule has 2 aromatic heterocycles. The summed E-state index contributed by atoms with van der Waals surface area (Å²) in [7, 11) is 1.64. The summed E-state index contributed by atoms with van der Waals surface area (Å²) in [6, 6.07) is 11.7. The van der Waals surface area contributed by atoms with E-state index in [4.69, 9.17) is 19.6 Å². The monoisotopic (exact) mass is 512 g/mol.